The molecule has 3 aromatic heterocycles. The van der Waals surface area contributed by atoms with Crippen molar-refractivity contribution in [3.8, 4) is 6.07 Å². The molecule has 1 unspecified atom stereocenters. The first-order valence-electron chi connectivity index (χ1n) is 10.8. The van der Waals surface area contributed by atoms with Gasteiger partial charge in [-0.05, 0) is 38.8 Å². The third kappa shape index (κ3) is 3.62. The van der Waals surface area contributed by atoms with Gasteiger partial charge in [0.1, 0.15) is 22.3 Å². The molecule has 0 N–H and O–H groups in total. The highest BCUT2D eigenvalue weighted by Crippen LogP contribution is 2.41. The van der Waals surface area contributed by atoms with Crippen LogP contribution in [0, 0.1) is 11.3 Å². The van der Waals surface area contributed by atoms with E-state index in [1.54, 1.807) is 35.1 Å². The fourth-order valence-corrected chi connectivity index (χ4v) is 5.49. The van der Waals surface area contributed by atoms with E-state index in [1.165, 1.54) is 23.5 Å². The zero-order valence-corrected chi connectivity index (χ0v) is 18.9. The number of piperazine rings is 1. The third-order valence-electron chi connectivity index (χ3n) is 6.59. The molecule has 5 rings (SSSR count). The number of rotatable bonds is 4. The molecule has 0 spiro atoms. The highest BCUT2D eigenvalue weighted by molar-refractivity contribution is 7.09. The lowest BCUT2D eigenvalue weighted by molar-refractivity contribution is 0.175. The smallest absolute Gasteiger partial charge is 0.252 e. The van der Waals surface area contributed by atoms with Crippen LogP contribution < -0.4 is 10.5 Å². The van der Waals surface area contributed by atoms with Gasteiger partial charge < -0.3 is 9.47 Å². The molecule has 4 heterocycles. The number of hydrogen-bond acceptors (Lipinski definition) is 7. The fourth-order valence-electron chi connectivity index (χ4n) is 4.50. The molecule has 2 fully saturated rings. The molecular formula is C23H26N6OS. The van der Waals surface area contributed by atoms with Gasteiger partial charge >= 0.3 is 0 Å². The van der Waals surface area contributed by atoms with Crippen LogP contribution in [0.25, 0.3) is 11.0 Å². The van der Waals surface area contributed by atoms with E-state index in [0.717, 1.165) is 30.8 Å². The maximum absolute atomic E-state index is 12.6. The summed E-state index contributed by atoms with van der Waals surface area (Å²) in [4.78, 5) is 26.8. The van der Waals surface area contributed by atoms with Crippen molar-refractivity contribution in [3.05, 3.63) is 50.3 Å². The number of hydrogen-bond donors (Lipinski definition) is 0. The Hall–Kier alpha value is -2.76. The molecule has 2 aliphatic rings. The summed E-state index contributed by atoms with van der Waals surface area (Å²) >= 11 is 1.78. The summed E-state index contributed by atoms with van der Waals surface area (Å²) < 4.78 is 1.59. The van der Waals surface area contributed by atoms with Crippen molar-refractivity contribution in [3.63, 3.8) is 0 Å². The summed E-state index contributed by atoms with van der Waals surface area (Å²) in [6.45, 7) is 7.00. The van der Waals surface area contributed by atoms with Crippen molar-refractivity contribution in [1.29, 1.82) is 5.26 Å². The maximum atomic E-state index is 12.6. The summed E-state index contributed by atoms with van der Waals surface area (Å²) in [6.07, 6.45) is 2.55. The lowest BCUT2D eigenvalue weighted by Gasteiger charge is -2.43. The molecule has 160 valence electrons. The molecular weight excluding hydrogens is 408 g/mol. The second kappa shape index (κ2) is 7.74. The summed E-state index contributed by atoms with van der Waals surface area (Å²) in [7, 11) is 1.75. The minimum Gasteiger partial charge on any atom is -0.364 e. The Labute approximate surface area is 185 Å². The highest BCUT2D eigenvalue weighted by atomic mass is 32.1. The number of thiazole rings is 1. The normalized spacial score (nSPS) is 20.7. The monoisotopic (exact) mass is 434 g/mol. The number of nitriles is 1. The summed E-state index contributed by atoms with van der Waals surface area (Å²) in [5.74, 6) is 0.688. The van der Waals surface area contributed by atoms with E-state index in [4.69, 9.17) is 4.98 Å². The number of fused-ring (bicyclic) bond motifs is 1. The van der Waals surface area contributed by atoms with Crippen molar-refractivity contribution >= 4 is 28.1 Å². The van der Waals surface area contributed by atoms with Gasteiger partial charge in [0.2, 0.25) is 0 Å². The van der Waals surface area contributed by atoms with E-state index in [0.29, 0.717) is 17.1 Å². The van der Waals surface area contributed by atoms with E-state index in [-0.39, 0.29) is 17.6 Å². The van der Waals surface area contributed by atoms with E-state index in [2.05, 4.69) is 40.1 Å². The van der Waals surface area contributed by atoms with Gasteiger partial charge in [-0.1, -0.05) is 0 Å². The van der Waals surface area contributed by atoms with Crippen LogP contribution in [0.3, 0.4) is 0 Å². The molecule has 0 bridgehead atoms. The SMILES string of the molecule is CC(c1nc(C2CC2)cs1)N1CCN(c2cc(=O)n(C)c3ccc(C#N)nc23)[C@@H](C)C1. The van der Waals surface area contributed by atoms with Gasteiger partial charge in [-0.2, -0.15) is 5.26 Å². The molecule has 2 atom stereocenters. The van der Waals surface area contributed by atoms with Crippen LogP contribution in [0.15, 0.2) is 28.4 Å². The second-order valence-corrected chi connectivity index (χ2v) is 9.59. The van der Waals surface area contributed by atoms with Gasteiger partial charge in [0.25, 0.3) is 5.56 Å². The Morgan fingerprint density at radius 1 is 1.26 bits per heavy atom. The molecule has 1 saturated carbocycles. The fraction of sp³-hybridized carbons (Fsp3) is 0.478. The minimum atomic E-state index is -0.0626. The van der Waals surface area contributed by atoms with Crippen LogP contribution in [0.4, 0.5) is 5.69 Å². The van der Waals surface area contributed by atoms with Gasteiger partial charge in [0, 0.05) is 50.1 Å². The van der Waals surface area contributed by atoms with Crippen molar-refractivity contribution < 1.29 is 0 Å². The molecule has 3 aromatic rings. The lowest BCUT2D eigenvalue weighted by Crippen LogP contribution is -2.52. The molecule has 31 heavy (non-hydrogen) atoms. The maximum Gasteiger partial charge on any atom is 0.252 e. The Bertz CT molecular complexity index is 1240. The van der Waals surface area contributed by atoms with Gasteiger partial charge in [-0.25, -0.2) is 9.97 Å². The van der Waals surface area contributed by atoms with Crippen LogP contribution in [0.2, 0.25) is 0 Å². The van der Waals surface area contributed by atoms with Gasteiger partial charge in [0.05, 0.1) is 22.9 Å². The first kappa shape index (κ1) is 20.2. The largest absolute Gasteiger partial charge is 0.364 e. The average molecular weight is 435 g/mol. The van der Waals surface area contributed by atoms with Crippen LogP contribution in [0.5, 0.6) is 0 Å². The minimum absolute atomic E-state index is 0.0626. The van der Waals surface area contributed by atoms with Crippen molar-refractivity contribution in [2.45, 2.75) is 44.7 Å². The van der Waals surface area contributed by atoms with E-state index >= 15 is 0 Å². The van der Waals surface area contributed by atoms with E-state index in [9.17, 15) is 10.1 Å². The molecule has 0 amide bonds. The predicted octanol–water partition coefficient (Wildman–Crippen LogP) is 3.41. The van der Waals surface area contributed by atoms with Crippen LogP contribution in [-0.4, -0.2) is 45.1 Å². The molecule has 1 aliphatic carbocycles. The quantitative estimate of drug-likeness (QED) is 0.626. The van der Waals surface area contributed by atoms with Crippen LogP contribution in [0.1, 0.15) is 55.0 Å². The van der Waals surface area contributed by atoms with Crippen molar-refractivity contribution in [2.75, 3.05) is 24.5 Å². The summed E-state index contributed by atoms with van der Waals surface area (Å²) in [5.41, 5.74) is 3.85. The Balaban J connectivity index is 1.41. The predicted molar refractivity (Wildman–Crippen MR) is 123 cm³/mol. The zero-order valence-electron chi connectivity index (χ0n) is 18.1. The Morgan fingerprint density at radius 3 is 2.77 bits per heavy atom. The topological polar surface area (TPSA) is 78.0 Å². The van der Waals surface area contributed by atoms with Crippen molar-refractivity contribution in [1.82, 2.24) is 19.4 Å². The van der Waals surface area contributed by atoms with Crippen LogP contribution >= 0.6 is 11.3 Å². The van der Waals surface area contributed by atoms with Crippen molar-refractivity contribution in [2.24, 2.45) is 7.05 Å². The Morgan fingerprint density at radius 2 is 2.06 bits per heavy atom. The standard InChI is InChI=1S/C23H26N6OS/c1-14-12-28(15(2)23-26-18(13-31-23)16-4-5-16)8-9-29(14)20-10-21(30)27(3)19-7-6-17(11-24)25-22(19)20/h6-7,10,13-16H,4-5,8-9,12H2,1-3H3/t14-,15?/m0/s1. The molecule has 0 radical (unpaired) electrons. The number of pyridine rings is 2. The average Bonchev–Trinajstić information content (AvgIpc) is 3.52. The second-order valence-electron chi connectivity index (χ2n) is 8.70. The molecule has 1 aliphatic heterocycles. The van der Waals surface area contributed by atoms with Gasteiger partial charge in [-0.15, -0.1) is 11.3 Å². The molecule has 0 aromatic carbocycles. The lowest BCUT2D eigenvalue weighted by atomic mass is 10.1. The Kier molecular flexibility index (Phi) is 5.03. The third-order valence-corrected chi connectivity index (χ3v) is 7.63. The number of anilines is 1. The van der Waals surface area contributed by atoms with Gasteiger partial charge in [0.15, 0.2) is 0 Å². The number of aryl methyl sites for hydroxylation is 1. The molecule has 8 heteroatoms. The summed E-state index contributed by atoms with van der Waals surface area (Å²) in [6, 6.07) is 7.75. The van der Waals surface area contributed by atoms with E-state index < -0.39 is 0 Å². The van der Waals surface area contributed by atoms with E-state index in [1.807, 2.05) is 6.07 Å². The highest BCUT2D eigenvalue weighted by Gasteiger charge is 2.31. The summed E-state index contributed by atoms with van der Waals surface area (Å²) in [5, 5.41) is 12.7. The first-order valence-corrected chi connectivity index (χ1v) is 11.7. The van der Waals surface area contributed by atoms with Gasteiger partial charge in [-0.3, -0.25) is 9.69 Å². The number of aromatic nitrogens is 3. The zero-order chi connectivity index (χ0) is 21.7. The van der Waals surface area contributed by atoms with Crippen LogP contribution in [-0.2, 0) is 7.05 Å². The number of nitrogens with zero attached hydrogens (tertiary/aromatic N) is 6. The first-order chi connectivity index (χ1) is 15.0. The molecule has 7 nitrogen and oxygen atoms in total. The molecule has 1 saturated heterocycles.